The first kappa shape index (κ1) is 24.7. The number of hydrogen-bond donors (Lipinski definition) is 0. The van der Waals surface area contributed by atoms with Crippen LogP contribution in [0.25, 0.3) is 12.2 Å². The molecule has 4 aromatic rings. The van der Waals surface area contributed by atoms with Crippen LogP contribution in [0.15, 0.2) is 121 Å². The van der Waals surface area contributed by atoms with E-state index in [1.54, 1.807) is 0 Å². The minimum atomic E-state index is -1.60. The maximum absolute atomic E-state index is 6.09. The van der Waals surface area contributed by atoms with E-state index in [0.29, 0.717) is 0 Å². The lowest BCUT2D eigenvalue weighted by molar-refractivity contribution is 0.482. The molecule has 0 spiro atoms. The molecule has 4 aromatic carbocycles. The number of hydrogen-bond acceptors (Lipinski definition) is 1. The van der Waals surface area contributed by atoms with Crippen molar-refractivity contribution in [2.75, 3.05) is 0 Å². The first-order valence-electron chi connectivity index (χ1n) is 12.2. The van der Waals surface area contributed by atoms with Crippen molar-refractivity contribution < 1.29 is 4.74 Å². The molecule has 0 aliphatic carbocycles. The summed E-state index contributed by atoms with van der Waals surface area (Å²) in [4.78, 5) is 0. The van der Waals surface area contributed by atoms with Gasteiger partial charge in [-0.2, -0.15) is 0 Å². The van der Waals surface area contributed by atoms with Crippen LogP contribution in [0.1, 0.15) is 11.1 Å². The topological polar surface area (TPSA) is 9.23 Å². The minimum absolute atomic E-state index is 0.850. The second-order valence-corrected chi connectivity index (χ2v) is 18.8. The number of rotatable bonds is 8. The van der Waals surface area contributed by atoms with E-state index in [4.69, 9.17) is 4.74 Å². The van der Waals surface area contributed by atoms with Crippen molar-refractivity contribution in [3.63, 3.8) is 0 Å². The largest absolute Gasteiger partial charge is 0.457 e. The van der Waals surface area contributed by atoms with E-state index >= 15 is 0 Å². The van der Waals surface area contributed by atoms with Gasteiger partial charge in [0.05, 0.1) is 0 Å². The molecule has 0 unspecified atom stereocenters. The molecule has 0 fully saturated rings. The Morgan fingerprint density at radius 2 is 0.800 bits per heavy atom. The molecule has 0 bridgehead atoms. The van der Waals surface area contributed by atoms with Crippen LogP contribution in [-0.2, 0) is 0 Å². The van der Waals surface area contributed by atoms with Gasteiger partial charge in [0.25, 0.3) is 0 Å². The molecule has 0 amide bonds. The third-order valence-corrected chi connectivity index (χ3v) is 12.1. The van der Waals surface area contributed by atoms with Crippen LogP contribution in [0, 0.1) is 0 Å². The van der Waals surface area contributed by atoms with Gasteiger partial charge in [0, 0.05) is 0 Å². The maximum atomic E-state index is 6.09. The molecule has 0 saturated carbocycles. The van der Waals surface area contributed by atoms with Crippen molar-refractivity contribution >= 4 is 38.7 Å². The number of benzene rings is 4. The average Bonchev–Trinajstić information content (AvgIpc) is 2.89. The Morgan fingerprint density at radius 3 is 1.14 bits per heavy atom. The summed E-state index contributed by atoms with van der Waals surface area (Å²) < 4.78 is 6.09. The zero-order valence-electron chi connectivity index (χ0n) is 21.1. The lowest BCUT2D eigenvalue weighted by Crippen LogP contribution is -2.39. The molecular weight excluding hydrogens is 457 g/mol. The molecule has 0 radical (unpaired) electrons. The number of ether oxygens (including phenoxy) is 1. The standard InChI is InChI=1S/C32H34OSi2/c1-34(2,31-11-7-5-8-12-31)25-23-27-15-19-29(20-16-27)33-30-21-17-28(18-22-30)24-26-35(3,4)32-13-9-6-10-14-32/h5-26H,1-4H3/b25-23-,26-24-. The third-order valence-electron chi connectivity index (χ3n) is 6.42. The monoisotopic (exact) mass is 490 g/mol. The van der Waals surface area contributed by atoms with Gasteiger partial charge in [0.2, 0.25) is 0 Å². The van der Waals surface area contributed by atoms with Gasteiger partial charge in [0.1, 0.15) is 27.6 Å². The van der Waals surface area contributed by atoms with E-state index in [9.17, 15) is 0 Å². The Balaban J connectivity index is 1.37. The van der Waals surface area contributed by atoms with E-state index in [1.807, 2.05) is 24.3 Å². The molecule has 1 nitrogen and oxygen atoms in total. The highest BCUT2D eigenvalue weighted by atomic mass is 28.3. The van der Waals surface area contributed by atoms with Crippen molar-refractivity contribution in [2.45, 2.75) is 26.2 Å². The van der Waals surface area contributed by atoms with Crippen molar-refractivity contribution in [3.05, 3.63) is 132 Å². The van der Waals surface area contributed by atoms with Gasteiger partial charge < -0.3 is 4.74 Å². The Hall–Kier alpha value is -3.41. The second kappa shape index (κ2) is 10.9. The molecule has 0 aliphatic rings. The summed E-state index contributed by atoms with van der Waals surface area (Å²) >= 11 is 0. The van der Waals surface area contributed by atoms with Crippen molar-refractivity contribution in [1.82, 2.24) is 0 Å². The zero-order chi connectivity index (χ0) is 24.7. The summed E-state index contributed by atoms with van der Waals surface area (Å²) in [6.07, 6.45) is 4.48. The molecule has 0 aliphatic heterocycles. The van der Waals surface area contributed by atoms with Crippen molar-refractivity contribution in [1.29, 1.82) is 0 Å². The van der Waals surface area contributed by atoms with E-state index in [-0.39, 0.29) is 0 Å². The summed E-state index contributed by atoms with van der Waals surface area (Å²) in [6, 6.07) is 38.2. The molecule has 0 heterocycles. The van der Waals surface area contributed by atoms with Gasteiger partial charge in [0.15, 0.2) is 0 Å². The quantitative estimate of drug-likeness (QED) is 0.229. The SMILES string of the molecule is C[Si](C)(/C=C\c1ccc(Oc2ccc(/C=C\[Si](C)(C)c3ccccc3)cc2)cc1)c1ccccc1. The highest BCUT2D eigenvalue weighted by Crippen LogP contribution is 2.23. The lowest BCUT2D eigenvalue weighted by atomic mass is 10.2. The molecular formula is C32H34OSi2. The molecule has 35 heavy (non-hydrogen) atoms. The van der Waals surface area contributed by atoms with Crippen LogP contribution in [0.3, 0.4) is 0 Å². The average molecular weight is 491 g/mol. The van der Waals surface area contributed by atoms with Crippen LogP contribution in [0.5, 0.6) is 11.5 Å². The Kier molecular flexibility index (Phi) is 7.69. The Morgan fingerprint density at radius 1 is 0.457 bits per heavy atom. The summed E-state index contributed by atoms with van der Waals surface area (Å²) in [5.74, 6) is 1.70. The summed E-state index contributed by atoms with van der Waals surface area (Å²) in [7, 11) is -3.19. The highest BCUT2D eigenvalue weighted by Gasteiger charge is 2.19. The van der Waals surface area contributed by atoms with Gasteiger partial charge in [-0.1, -0.05) is 145 Å². The van der Waals surface area contributed by atoms with E-state index < -0.39 is 16.1 Å². The van der Waals surface area contributed by atoms with Crippen molar-refractivity contribution in [3.8, 4) is 11.5 Å². The van der Waals surface area contributed by atoms with E-state index in [0.717, 1.165) is 11.5 Å². The first-order chi connectivity index (χ1) is 16.8. The molecule has 0 atom stereocenters. The molecule has 0 N–H and O–H groups in total. The van der Waals surface area contributed by atoms with Crippen LogP contribution < -0.4 is 15.1 Å². The molecule has 176 valence electrons. The lowest BCUT2D eigenvalue weighted by Gasteiger charge is -2.18. The fraction of sp³-hybridized carbons (Fsp3) is 0.125. The normalized spacial score (nSPS) is 12.3. The maximum Gasteiger partial charge on any atom is 0.127 e. The highest BCUT2D eigenvalue weighted by molar-refractivity contribution is 6.94. The fourth-order valence-electron chi connectivity index (χ4n) is 3.97. The van der Waals surface area contributed by atoms with Crippen molar-refractivity contribution in [2.24, 2.45) is 0 Å². The van der Waals surface area contributed by atoms with E-state index in [2.05, 4.69) is 135 Å². The summed E-state index contributed by atoms with van der Waals surface area (Å²) in [5, 5.41) is 2.89. The summed E-state index contributed by atoms with van der Waals surface area (Å²) in [6.45, 7) is 9.50. The zero-order valence-corrected chi connectivity index (χ0v) is 23.1. The summed E-state index contributed by atoms with van der Waals surface area (Å²) in [5.41, 5.74) is 7.18. The van der Waals surface area contributed by atoms with Crippen LogP contribution in [0.2, 0.25) is 26.2 Å². The van der Waals surface area contributed by atoms with Crippen LogP contribution in [-0.4, -0.2) is 16.1 Å². The first-order valence-corrected chi connectivity index (χ1v) is 18.3. The van der Waals surface area contributed by atoms with E-state index in [1.165, 1.54) is 21.5 Å². The molecule has 0 saturated heterocycles. The van der Waals surface area contributed by atoms with Gasteiger partial charge in [-0.15, -0.1) is 0 Å². The van der Waals surface area contributed by atoms with Gasteiger partial charge in [-0.25, -0.2) is 0 Å². The van der Waals surface area contributed by atoms with Gasteiger partial charge in [-0.3, -0.25) is 0 Å². The molecule has 0 aromatic heterocycles. The predicted octanol–water partition coefficient (Wildman–Crippen LogP) is 7.81. The van der Waals surface area contributed by atoms with Crippen LogP contribution >= 0.6 is 0 Å². The van der Waals surface area contributed by atoms with Crippen LogP contribution in [0.4, 0.5) is 0 Å². The minimum Gasteiger partial charge on any atom is -0.457 e. The smallest absolute Gasteiger partial charge is 0.127 e. The van der Waals surface area contributed by atoms with Gasteiger partial charge in [-0.05, 0) is 35.4 Å². The van der Waals surface area contributed by atoms with Gasteiger partial charge >= 0.3 is 0 Å². The third kappa shape index (κ3) is 6.81. The Labute approximate surface area is 212 Å². The fourth-order valence-corrected chi connectivity index (χ4v) is 7.67. The molecule has 4 rings (SSSR count). The Bertz CT molecular complexity index is 1170. The second-order valence-electron chi connectivity index (χ2n) is 10.1. The predicted molar refractivity (Wildman–Crippen MR) is 158 cm³/mol. The molecule has 3 heteroatoms.